The van der Waals surface area contributed by atoms with Crippen molar-refractivity contribution in [3.8, 4) is 0 Å². The van der Waals surface area contributed by atoms with Gasteiger partial charge in [0.2, 0.25) is 0 Å². The SMILES string of the molecule is CC1=CCN(C(=O)c2csc(Br)c2)CC1. The van der Waals surface area contributed by atoms with Crippen LogP contribution in [0.2, 0.25) is 0 Å². The molecular weight excluding hydrogens is 274 g/mol. The summed E-state index contributed by atoms with van der Waals surface area (Å²) in [6.07, 6.45) is 3.12. The van der Waals surface area contributed by atoms with E-state index in [1.807, 2.05) is 16.3 Å². The smallest absolute Gasteiger partial charge is 0.255 e. The van der Waals surface area contributed by atoms with Crippen molar-refractivity contribution in [3.63, 3.8) is 0 Å². The van der Waals surface area contributed by atoms with E-state index in [1.165, 1.54) is 5.57 Å². The van der Waals surface area contributed by atoms with Crippen molar-refractivity contribution in [1.29, 1.82) is 0 Å². The molecule has 15 heavy (non-hydrogen) atoms. The highest BCUT2D eigenvalue weighted by Gasteiger charge is 2.18. The number of hydrogen-bond acceptors (Lipinski definition) is 2. The molecule has 2 rings (SSSR count). The van der Waals surface area contributed by atoms with Gasteiger partial charge in [-0.1, -0.05) is 11.6 Å². The van der Waals surface area contributed by atoms with Gasteiger partial charge in [-0.25, -0.2) is 0 Å². The topological polar surface area (TPSA) is 20.3 Å². The van der Waals surface area contributed by atoms with Gasteiger partial charge in [-0.15, -0.1) is 11.3 Å². The van der Waals surface area contributed by atoms with E-state index in [-0.39, 0.29) is 5.91 Å². The minimum absolute atomic E-state index is 0.140. The van der Waals surface area contributed by atoms with Crippen LogP contribution in [0.25, 0.3) is 0 Å². The predicted octanol–water partition coefficient (Wildman–Crippen LogP) is 3.30. The summed E-state index contributed by atoms with van der Waals surface area (Å²) < 4.78 is 1.01. The molecule has 0 atom stereocenters. The third-order valence-corrected chi connectivity index (χ3v) is 4.04. The molecule has 1 aliphatic heterocycles. The molecule has 0 saturated carbocycles. The molecular formula is C11H12BrNOS. The van der Waals surface area contributed by atoms with E-state index in [0.717, 1.165) is 28.9 Å². The molecule has 2 heterocycles. The van der Waals surface area contributed by atoms with Crippen LogP contribution in [-0.2, 0) is 0 Å². The lowest BCUT2D eigenvalue weighted by molar-refractivity contribution is 0.0769. The fourth-order valence-corrected chi connectivity index (χ4v) is 2.69. The Kier molecular flexibility index (Phi) is 3.26. The van der Waals surface area contributed by atoms with Crippen LogP contribution < -0.4 is 0 Å². The van der Waals surface area contributed by atoms with Crippen LogP contribution in [-0.4, -0.2) is 23.9 Å². The number of nitrogens with zero attached hydrogens (tertiary/aromatic N) is 1. The summed E-state index contributed by atoms with van der Waals surface area (Å²) in [7, 11) is 0. The minimum atomic E-state index is 0.140. The van der Waals surface area contributed by atoms with Crippen molar-refractivity contribution >= 4 is 33.2 Å². The van der Waals surface area contributed by atoms with Gasteiger partial charge in [0.05, 0.1) is 9.35 Å². The van der Waals surface area contributed by atoms with Crippen molar-refractivity contribution in [3.05, 3.63) is 32.4 Å². The maximum atomic E-state index is 12.0. The molecule has 1 aliphatic rings. The van der Waals surface area contributed by atoms with Gasteiger partial charge in [0.1, 0.15) is 0 Å². The Balaban J connectivity index is 2.09. The normalized spacial score (nSPS) is 16.4. The maximum absolute atomic E-state index is 12.0. The van der Waals surface area contributed by atoms with Crippen molar-refractivity contribution in [1.82, 2.24) is 4.90 Å². The lowest BCUT2D eigenvalue weighted by Gasteiger charge is -2.25. The molecule has 1 aromatic heterocycles. The first-order valence-corrected chi connectivity index (χ1v) is 6.53. The Bertz CT molecular complexity index is 410. The molecule has 1 amide bonds. The summed E-state index contributed by atoms with van der Waals surface area (Å²) in [5.74, 6) is 0.140. The van der Waals surface area contributed by atoms with Crippen molar-refractivity contribution in [2.24, 2.45) is 0 Å². The molecule has 0 N–H and O–H groups in total. The fraction of sp³-hybridized carbons (Fsp3) is 0.364. The van der Waals surface area contributed by atoms with Gasteiger partial charge in [0.25, 0.3) is 5.91 Å². The van der Waals surface area contributed by atoms with Crippen molar-refractivity contribution < 1.29 is 4.79 Å². The Labute approximate surface area is 102 Å². The zero-order valence-electron chi connectivity index (χ0n) is 8.50. The Morgan fingerprint density at radius 1 is 1.60 bits per heavy atom. The average Bonchev–Trinajstić information content (AvgIpc) is 2.65. The summed E-state index contributed by atoms with van der Waals surface area (Å²) in [4.78, 5) is 13.9. The number of carbonyl (C=O) groups is 1. The second-order valence-electron chi connectivity index (χ2n) is 3.69. The molecule has 0 aromatic carbocycles. The van der Waals surface area contributed by atoms with Gasteiger partial charge in [0.15, 0.2) is 0 Å². The molecule has 0 aliphatic carbocycles. The van der Waals surface area contributed by atoms with Crippen molar-refractivity contribution in [2.45, 2.75) is 13.3 Å². The van der Waals surface area contributed by atoms with Gasteiger partial charge in [0, 0.05) is 18.5 Å². The second kappa shape index (κ2) is 4.49. The molecule has 4 heteroatoms. The summed E-state index contributed by atoms with van der Waals surface area (Å²) >= 11 is 4.92. The van der Waals surface area contributed by atoms with Crippen LogP contribution in [0.5, 0.6) is 0 Å². The summed E-state index contributed by atoms with van der Waals surface area (Å²) in [5.41, 5.74) is 2.17. The molecule has 0 fully saturated rings. The summed E-state index contributed by atoms with van der Waals surface area (Å²) in [6, 6.07) is 1.89. The van der Waals surface area contributed by atoms with E-state index < -0.39 is 0 Å². The standard InChI is InChI=1S/C11H12BrNOS/c1-8-2-4-13(5-3-8)11(14)9-6-10(12)15-7-9/h2,6-7H,3-5H2,1H3. The van der Waals surface area contributed by atoms with Gasteiger partial charge in [-0.3, -0.25) is 4.79 Å². The quantitative estimate of drug-likeness (QED) is 0.725. The first kappa shape index (κ1) is 10.9. The van der Waals surface area contributed by atoms with E-state index in [4.69, 9.17) is 0 Å². The number of halogens is 1. The van der Waals surface area contributed by atoms with E-state index >= 15 is 0 Å². The number of thiophene rings is 1. The molecule has 0 bridgehead atoms. The molecule has 0 spiro atoms. The summed E-state index contributed by atoms with van der Waals surface area (Å²) in [5, 5.41) is 1.90. The van der Waals surface area contributed by atoms with Crippen molar-refractivity contribution in [2.75, 3.05) is 13.1 Å². The third-order valence-electron chi connectivity index (χ3n) is 2.54. The van der Waals surface area contributed by atoms with Gasteiger partial charge >= 0.3 is 0 Å². The lowest BCUT2D eigenvalue weighted by Crippen LogP contribution is -2.34. The first-order chi connectivity index (χ1) is 7.16. The Morgan fingerprint density at radius 2 is 2.40 bits per heavy atom. The second-order valence-corrected chi connectivity index (χ2v) is 5.98. The first-order valence-electron chi connectivity index (χ1n) is 4.86. The van der Waals surface area contributed by atoms with Gasteiger partial charge < -0.3 is 4.90 Å². The molecule has 80 valence electrons. The highest BCUT2D eigenvalue weighted by Crippen LogP contribution is 2.22. The molecule has 1 aromatic rings. The van der Waals surface area contributed by atoms with Gasteiger partial charge in [-0.2, -0.15) is 0 Å². The number of hydrogen-bond donors (Lipinski definition) is 0. The molecule has 0 radical (unpaired) electrons. The van der Waals surface area contributed by atoms with E-state index in [1.54, 1.807) is 11.3 Å². The highest BCUT2D eigenvalue weighted by atomic mass is 79.9. The summed E-state index contributed by atoms with van der Waals surface area (Å²) in [6.45, 7) is 3.70. The molecule has 0 unspecified atom stereocenters. The van der Waals surface area contributed by atoms with Crippen LogP contribution >= 0.6 is 27.3 Å². The fourth-order valence-electron chi connectivity index (χ4n) is 1.56. The Hall–Kier alpha value is -0.610. The third kappa shape index (κ3) is 2.49. The van der Waals surface area contributed by atoms with E-state index in [9.17, 15) is 4.79 Å². The van der Waals surface area contributed by atoms with Gasteiger partial charge in [-0.05, 0) is 35.3 Å². The van der Waals surface area contributed by atoms with E-state index in [2.05, 4.69) is 28.9 Å². The lowest BCUT2D eigenvalue weighted by atomic mass is 10.1. The minimum Gasteiger partial charge on any atom is -0.335 e. The maximum Gasteiger partial charge on any atom is 0.255 e. The average molecular weight is 286 g/mol. The molecule has 2 nitrogen and oxygen atoms in total. The monoisotopic (exact) mass is 285 g/mol. The van der Waals surface area contributed by atoms with E-state index in [0.29, 0.717) is 0 Å². The number of carbonyl (C=O) groups excluding carboxylic acids is 1. The number of rotatable bonds is 1. The van der Waals surface area contributed by atoms with Crippen LogP contribution in [0.15, 0.2) is 26.9 Å². The van der Waals surface area contributed by atoms with Crippen LogP contribution in [0.4, 0.5) is 0 Å². The van der Waals surface area contributed by atoms with Crippen LogP contribution in [0.3, 0.4) is 0 Å². The zero-order chi connectivity index (χ0) is 10.8. The zero-order valence-corrected chi connectivity index (χ0v) is 10.9. The molecule has 0 saturated heterocycles. The van der Waals surface area contributed by atoms with Crippen LogP contribution in [0, 0.1) is 0 Å². The largest absolute Gasteiger partial charge is 0.335 e. The number of amides is 1. The van der Waals surface area contributed by atoms with Crippen LogP contribution in [0.1, 0.15) is 23.7 Å². The predicted molar refractivity (Wildman–Crippen MR) is 66.3 cm³/mol. The highest BCUT2D eigenvalue weighted by molar-refractivity contribution is 9.11. The Morgan fingerprint density at radius 3 is 2.93 bits per heavy atom.